The first kappa shape index (κ1) is 13.3. The zero-order valence-electron chi connectivity index (χ0n) is 10.6. The van der Waals surface area contributed by atoms with E-state index in [-0.39, 0.29) is 0 Å². The van der Waals surface area contributed by atoms with E-state index in [1.165, 1.54) is 16.7 Å². The quantitative estimate of drug-likeness (QED) is 0.898. The largest absolute Gasteiger partial charge is 0.330 e. The van der Waals surface area contributed by atoms with Crippen LogP contribution in [-0.2, 0) is 0 Å². The van der Waals surface area contributed by atoms with Crippen LogP contribution in [0.25, 0.3) is 0 Å². The maximum Gasteiger partial charge on any atom is 0.0175 e. The van der Waals surface area contributed by atoms with Gasteiger partial charge in [0.25, 0.3) is 0 Å². The molecule has 0 radical (unpaired) electrons. The SMILES string of the molecule is Cc1ccc(C(CCN)c2ccc(Br)cc2)cc1. The summed E-state index contributed by atoms with van der Waals surface area (Å²) in [4.78, 5) is 0. The zero-order chi connectivity index (χ0) is 13.0. The number of rotatable bonds is 4. The highest BCUT2D eigenvalue weighted by Crippen LogP contribution is 2.28. The average molecular weight is 304 g/mol. The summed E-state index contributed by atoms with van der Waals surface area (Å²) in [5.74, 6) is 0.392. The lowest BCUT2D eigenvalue weighted by molar-refractivity contribution is 0.726. The average Bonchev–Trinajstić information content (AvgIpc) is 2.39. The van der Waals surface area contributed by atoms with Crippen molar-refractivity contribution in [1.29, 1.82) is 0 Å². The first-order valence-electron chi connectivity index (χ1n) is 6.23. The van der Waals surface area contributed by atoms with Crippen molar-refractivity contribution in [3.63, 3.8) is 0 Å². The molecule has 1 unspecified atom stereocenters. The fourth-order valence-electron chi connectivity index (χ4n) is 2.19. The molecule has 2 aromatic rings. The van der Waals surface area contributed by atoms with Gasteiger partial charge >= 0.3 is 0 Å². The predicted octanol–water partition coefficient (Wildman–Crippen LogP) is 4.24. The lowest BCUT2D eigenvalue weighted by Gasteiger charge is -2.17. The number of hydrogen-bond donors (Lipinski definition) is 1. The second-order valence-corrected chi connectivity index (χ2v) is 5.51. The summed E-state index contributed by atoms with van der Waals surface area (Å²) in [6.07, 6.45) is 0.977. The van der Waals surface area contributed by atoms with Gasteiger partial charge in [-0.25, -0.2) is 0 Å². The van der Waals surface area contributed by atoms with E-state index in [2.05, 4.69) is 71.4 Å². The lowest BCUT2D eigenvalue weighted by Crippen LogP contribution is -2.08. The van der Waals surface area contributed by atoms with Crippen LogP contribution in [0.15, 0.2) is 53.0 Å². The highest BCUT2D eigenvalue weighted by molar-refractivity contribution is 9.10. The van der Waals surface area contributed by atoms with Crippen molar-refractivity contribution in [1.82, 2.24) is 0 Å². The van der Waals surface area contributed by atoms with Crippen molar-refractivity contribution in [2.24, 2.45) is 5.73 Å². The van der Waals surface area contributed by atoms with Crippen molar-refractivity contribution >= 4 is 15.9 Å². The van der Waals surface area contributed by atoms with E-state index in [1.807, 2.05) is 0 Å². The van der Waals surface area contributed by atoms with Gasteiger partial charge in [0.1, 0.15) is 0 Å². The molecular weight excluding hydrogens is 286 g/mol. The van der Waals surface area contributed by atoms with Gasteiger partial charge in [-0.3, -0.25) is 0 Å². The van der Waals surface area contributed by atoms with Crippen LogP contribution in [-0.4, -0.2) is 6.54 Å². The van der Waals surface area contributed by atoms with Gasteiger partial charge in [-0.1, -0.05) is 57.9 Å². The monoisotopic (exact) mass is 303 g/mol. The van der Waals surface area contributed by atoms with Crippen LogP contribution in [0.4, 0.5) is 0 Å². The minimum absolute atomic E-state index is 0.392. The molecule has 0 spiro atoms. The van der Waals surface area contributed by atoms with Crippen molar-refractivity contribution in [3.8, 4) is 0 Å². The Hall–Kier alpha value is -1.12. The Morgan fingerprint density at radius 3 is 1.94 bits per heavy atom. The summed E-state index contributed by atoms with van der Waals surface area (Å²) in [6, 6.07) is 17.3. The first-order valence-corrected chi connectivity index (χ1v) is 7.02. The Morgan fingerprint density at radius 1 is 0.944 bits per heavy atom. The van der Waals surface area contributed by atoms with Gasteiger partial charge < -0.3 is 5.73 Å². The molecule has 2 N–H and O–H groups in total. The van der Waals surface area contributed by atoms with Crippen molar-refractivity contribution in [3.05, 3.63) is 69.7 Å². The van der Waals surface area contributed by atoms with Crippen LogP contribution in [0.1, 0.15) is 29.0 Å². The summed E-state index contributed by atoms with van der Waals surface area (Å²) >= 11 is 3.47. The summed E-state index contributed by atoms with van der Waals surface area (Å²) in [5.41, 5.74) is 9.71. The summed E-state index contributed by atoms with van der Waals surface area (Å²) < 4.78 is 1.11. The Balaban J connectivity index is 2.33. The van der Waals surface area contributed by atoms with Gasteiger partial charge in [-0.2, -0.15) is 0 Å². The van der Waals surface area contributed by atoms with E-state index >= 15 is 0 Å². The predicted molar refractivity (Wildman–Crippen MR) is 80.8 cm³/mol. The Kier molecular flexibility index (Phi) is 4.56. The van der Waals surface area contributed by atoms with Crippen LogP contribution < -0.4 is 5.73 Å². The zero-order valence-corrected chi connectivity index (χ0v) is 12.2. The third kappa shape index (κ3) is 3.21. The van der Waals surface area contributed by atoms with Gasteiger partial charge in [0, 0.05) is 10.4 Å². The van der Waals surface area contributed by atoms with E-state index < -0.39 is 0 Å². The maximum absolute atomic E-state index is 5.75. The molecule has 0 fully saturated rings. The van der Waals surface area contributed by atoms with Crippen LogP contribution in [0.5, 0.6) is 0 Å². The van der Waals surface area contributed by atoms with E-state index in [0.29, 0.717) is 12.5 Å². The summed E-state index contributed by atoms with van der Waals surface area (Å²) in [6.45, 7) is 2.82. The maximum atomic E-state index is 5.75. The topological polar surface area (TPSA) is 26.0 Å². The van der Waals surface area contributed by atoms with Crippen LogP contribution >= 0.6 is 15.9 Å². The van der Waals surface area contributed by atoms with Crippen molar-refractivity contribution in [2.75, 3.05) is 6.54 Å². The van der Waals surface area contributed by atoms with Gasteiger partial charge in [0.05, 0.1) is 0 Å². The molecule has 0 saturated heterocycles. The minimum Gasteiger partial charge on any atom is -0.330 e. The highest BCUT2D eigenvalue weighted by atomic mass is 79.9. The highest BCUT2D eigenvalue weighted by Gasteiger charge is 2.12. The molecule has 0 aromatic heterocycles. The minimum atomic E-state index is 0.392. The number of hydrogen-bond acceptors (Lipinski definition) is 1. The third-order valence-corrected chi connectivity index (χ3v) is 3.74. The normalized spacial score (nSPS) is 12.4. The fourth-order valence-corrected chi connectivity index (χ4v) is 2.45. The van der Waals surface area contributed by atoms with E-state index in [4.69, 9.17) is 5.73 Å². The van der Waals surface area contributed by atoms with Crippen molar-refractivity contribution in [2.45, 2.75) is 19.3 Å². The summed E-state index contributed by atoms with van der Waals surface area (Å²) in [7, 11) is 0. The van der Waals surface area contributed by atoms with E-state index in [0.717, 1.165) is 10.9 Å². The standard InChI is InChI=1S/C16H18BrN/c1-12-2-4-13(5-3-12)16(10-11-18)14-6-8-15(17)9-7-14/h2-9,16H,10-11,18H2,1H3. The molecule has 0 amide bonds. The van der Waals surface area contributed by atoms with Gasteiger partial charge in [-0.05, 0) is 43.1 Å². The van der Waals surface area contributed by atoms with Gasteiger partial charge in [0.2, 0.25) is 0 Å². The molecule has 2 rings (SSSR count). The number of halogens is 1. The molecule has 0 heterocycles. The first-order chi connectivity index (χ1) is 8.70. The molecule has 2 aromatic carbocycles. The molecule has 1 nitrogen and oxygen atoms in total. The summed E-state index contributed by atoms with van der Waals surface area (Å²) in [5, 5.41) is 0. The molecule has 0 aliphatic heterocycles. The smallest absolute Gasteiger partial charge is 0.0175 e. The molecule has 1 atom stereocenters. The second-order valence-electron chi connectivity index (χ2n) is 4.59. The Morgan fingerprint density at radius 2 is 1.44 bits per heavy atom. The van der Waals surface area contributed by atoms with Crippen LogP contribution in [0, 0.1) is 6.92 Å². The van der Waals surface area contributed by atoms with E-state index in [9.17, 15) is 0 Å². The number of nitrogens with two attached hydrogens (primary N) is 1. The molecule has 0 aliphatic rings. The Labute approximate surface area is 117 Å². The number of aryl methyl sites for hydroxylation is 1. The molecule has 0 aliphatic carbocycles. The number of benzene rings is 2. The van der Waals surface area contributed by atoms with Gasteiger partial charge in [0.15, 0.2) is 0 Å². The van der Waals surface area contributed by atoms with Crippen LogP contribution in [0.3, 0.4) is 0 Å². The Bertz CT molecular complexity index is 442. The molecule has 94 valence electrons. The second kappa shape index (κ2) is 6.17. The fraction of sp³-hybridized carbons (Fsp3) is 0.250. The molecule has 0 bridgehead atoms. The molecule has 0 saturated carbocycles. The van der Waals surface area contributed by atoms with Crippen molar-refractivity contribution < 1.29 is 0 Å². The molecular formula is C16H18BrN. The van der Waals surface area contributed by atoms with Crippen LogP contribution in [0.2, 0.25) is 0 Å². The lowest BCUT2D eigenvalue weighted by atomic mass is 9.88. The third-order valence-electron chi connectivity index (χ3n) is 3.21. The molecule has 2 heteroatoms. The van der Waals surface area contributed by atoms with Gasteiger partial charge in [-0.15, -0.1) is 0 Å². The molecule has 18 heavy (non-hydrogen) atoms. The van der Waals surface area contributed by atoms with E-state index in [1.54, 1.807) is 0 Å².